The summed E-state index contributed by atoms with van der Waals surface area (Å²) >= 11 is 0. The number of rotatable bonds is 7. The molecular weight excluding hydrogens is 410 g/mol. The summed E-state index contributed by atoms with van der Waals surface area (Å²) in [6, 6.07) is 28.0. The van der Waals surface area contributed by atoms with Crippen LogP contribution in [0.4, 0.5) is 11.4 Å². The average molecular weight is 446 g/mol. The Hall–Kier alpha value is -2.60. The SMILES string of the molecule is CCCCN1NN(O[Si](c2ccccc2)(c2ccccc2)C(C)(C)C)c2c(C)cccc21. The third kappa shape index (κ3) is 3.96. The molecule has 0 fully saturated rings. The van der Waals surface area contributed by atoms with Crippen molar-refractivity contribution in [1.29, 1.82) is 0 Å². The molecule has 4 rings (SSSR count). The van der Waals surface area contributed by atoms with Gasteiger partial charge in [-0.3, -0.25) is 9.54 Å². The minimum atomic E-state index is -2.73. The first-order valence-electron chi connectivity index (χ1n) is 11.6. The Labute approximate surface area is 193 Å². The number of benzene rings is 3. The highest BCUT2D eigenvalue weighted by atomic mass is 28.4. The molecule has 32 heavy (non-hydrogen) atoms. The molecule has 0 saturated heterocycles. The van der Waals surface area contributed by atoms with Crippen molar-refractivity contribution in [1.82, 2.24) is 5.53 Å². The van der Waals surface area contributed by atoms with Gasteiger partial charge in [0.05, 0.1) is 5.69 Å². The van der Waals surface area contributed by atoms with Gasteiger partial charge in [-0.05, 0) is 40.4 Å². The molecule has 0 unspecified atom stereocenters. The van der Waals surface area contributed by atoms with Crippen LogP contribution in [0.3, 0.4) is 0 Å². The topological polar surface area (TPSA) is 27.7 Å². The minimum Gasteiger partial charge on any atom is -0.292 e. The third-order valence-electron chi connectivity index (χ3n) is 6.30. The summed E-state index contributed by atoms with van der Waals surface area (Å²) in [6.07, 6.45) is 2.27. The number of unbranched alkanes of at least 4 members (excludes halogenated alkanes) is 1. The summed E-state index contributed by atoms with van der Waals surface area (Å²) in [5.41, 5.74) is 7.06. The van der Waals surface area contributed by atoms with Crippen molar-refractivity contribution in [2.24, 2.45) is 0 Å². The van der Waals surface area contributed by atoms with Crippen LogP contribution in [0.25, 0.3) is 0 Å². The van der Waals surface area contributed by atoms with Crippen molar-refractivity contribution in [3.8, 4) is 0 Å². The van der Waals surface area contributed by atoms with Gasteiger partial charge in [-0.15, -0.1) is 5.53 Å². The second-order valence-corrected chi connectivity index (χ2v) is 13.8. The lowest BCUT2D eigenvalue weighted by Crippen LogP contribution is -2.70. The number of nitrogens with one attached hydrogen (secondary N) is 1. The van der Waals surface area contributed by atoms with Gasteiger partial charge in [-0.2, -0.15) is 5.17 Å². The first-order chi connectivity index (χ1) is 15.4. The van der Waals surface area contributed by atoms with Crippen molar-refractivity contribution < 1.29 is 4.53 Å². The van der Waals surface area contributed by atoms with Crippen molar-refractivity contribution in [2.75, 3.05) is 16.7 Å². The van der Waals surface area contributed by atoms with E-state index >= 15 is 0 Å². The lowest BCUT2D eigenvalue weighted by Gasteiger charge is -2.44. The zero-order chi connectivity index (χ0) is 22.8. The van der Waals surface area contributed by atoms with Gasteiger partial charge in [-0.1, -0.05) is 107 Å². The second kappa shape index (κ2) is 9.10. The molecule has 1 aliphatic rings. The standard InChI is InChI=1S/C27H35N3OSi/c1-6-7-21-29-25-20-14-15-22(2)26(25)30(28-29)31-32(27(3,4)5,23-16-10-8-11-17-23)24-18-12-9-13-19-24/h8-20,28H,6-7,21H2,1-5H3. The molecule has 3 aromatic carbocycles. The van der Waals surface area contributed by atoms with E-state index in [0.29, 0.717) is 0 Å². The van der Waals surface area contributed by atoms with Crippen LogP contribution in [0.15, 0.2) is 78.9 Å². The molecule has 168 valence electrons. The van der Waals surface area contributed by atoms with E-state index in [4.69, 9.17) is 4.53 Å². The molecule has 0 aliphatic carbocycles. The average Bonchev–Trinajstić information content (AvgIpc) is 3.15. The Morgan fingerprint density at radius 2 is 1.44 bits per heavy atom. The van der Waals surface area contributed by atoms with Crippen LogP contribution in [0, 0.1) is 6.92 Å². The normalized spacial score (nSPS) is 14.0. The first-order valence-corrected chi connectivity index (χ1v) is 13.5. The van der Waals surface area contributed by atoms with Crippen LogP contribution in [0.1, 0.15) is 46.1 Å². The largest absolute Gasteiger partial charge is 0.298 e. The molecule has 0 spiro atoms. The smallest absolute Gasteiger partial charge is 0.292 e. The summed E-state index contributed by atoms with van der Waals surface area (Å²) in [5, 5.41) is 6.61. The number of fused-ring (bicyclic) bond motifs is 1. The van der Waals surface area contributed by atoms with Crippen LogP contribution < -0.4 is 26.1 Å². The molecule has 5 heteroatoms. The molecule has 0 amide bonds. The molecule has 0 saturated carbocycles. The number of aryl methyl sites for hydroxylation is 1. The Morgan fingerprint density at radius 1 is 0.844 bits per heavy atom. The van der Waals surface area contributed by atoms with Gasteiger partial charge >= 0.3 is 0 Å². The van der Waals surface area contributed by atoms with Gasteiger partial charge < -0.3 is 0 Å². The number of nitrogens with zero attached hydrogens (tertiary/aromatic N) is 2. The van der Waals surface area contributed by atoms with Crippen LogP contribution in [0.5, 0.6) is 0 Å². The molecule has 0 aromatic heterocycles. The third-order valence-corrected chi connectivity index (χ3v) is 11.2. The number of para-hydroxylation sites is 1. The summed E-state index contributed by atoms with van der Waals surface area (Å²) in [5.74, 6) is 0. The van der Waals surface area contributed by atoms with Gasteiger partial charge in [0, 0.05) is 6.54 Å². The van der Waals surface area contributed by atoms with E-state index in [-0.39, 0.29) is 5.04 Å². The first kappa shape index (κ1) is 22.6. The van der Waals surface area contributed by atoms with Crippen LogP contribution in [-0.2, 0) is 4.53 Å². The predicted molar refractivity (Wildman–Crippen MR) is 138 cm³/mol. The van der Waals surface area contributed by atoms with Gasteiger partial charge in [0.2, 0.25) is 0 Å². The molecule has 0 bridgehead atoms. The molecule has 4 nitrogen and oxygen atoms in total. The Bertz CT molecular complexity index is 994. The second-order valence-electron chi connectivity index (χ2n) is 9.60. The maximum atomic E-state index is 7.27. The zero-order valence-electron chi connectivity index (χ0n) is 19.9. The fraction of sp³-hybridized carbons (Fsp3) is 0.333. The Morgan fingerprint density at radius 3 is 1.97 bits per heavy atom. The van der Waals surface area contributed by atoms with E-state index in [1.165, 1.54) is 21.6 Å². The fourth-order valence-electron chi connectivity index (χ4n) is 4.65. The van der Waals surface area contributed by atoms with E-state index in [9.17, 15) is 0 Å². The summed E-state index contributed by atoms with van der Waals surface area (Å²) in [6.45, 7) is 12.2. The number of anilines is 2. The van der Waals surface area contributed by atoms with E-state index in [1.807, 2.05) is 5.17 Å². The lowest BCUT2D eigenvalue weighted by atomic mass is 10.1. The minimum absolute atomic E-state index is 0.100. The van der Waals surface area contributed by atoms with Crippen molar-refractivity contribution in [3.63, 3.8) is 0 Å². The quantitative estimate of drug-likeness (QED) is 0.497. The van der Waals surface area contributed by atoms with Crippen LogP contribution >= 0.6 is 0 Å². The van der Waals surface area contributed by atoms with Gasteiger partial charge in [0.1, 0.15) is 5.69 Å². The highest BCUT2D eigenvalue weighted by Gasteiger charge is 2.53. The summed E-state index contributed by atoms with van der Waals surface area (Å²) in [4.78, 5) is 0. The molecule has 1 aliphatic heterocycles. The summed E-state index contributed by atoms with van der Waals surface area (Å²) < 4.78 is 7.27. The number of hydrazine groups is 2. The zero-order valence-corrected chi connectivity index (χ0v) is 20.9. The van der Waals surface area contributed by atoms with Crippen molar-refractivity contribution in [2.45, 2.75) is 52.5 Å². The fourth-order valence-corrected chi connectivity index (χ4v) is 8.93. The van der Waals surface area contributed by atoms with Gasteiger partial charge in [-0.25, -0.2) is 0 Å². The predicted octanol–water partition coefficient (Wildman–Crippen LogP) is 5.33. The monoisotopic (exact) mass is 445 g/mol. The highest BCUT2D eigenvalue weighted by molar-refractivity contribution is 6.99. The maximum absolute atomic E-state index is 7.27. The van der Waals surface area contributed by atoms with Crippen LogP contribution in [0.2, 0.25) is 5.04 Å². The van der Waals surface area contributed by atoms with Crippen molar-refractivity contribution in [3.05, 3.63) is 84.4 Å². The Kier molecular flexibility index (Phi) is 6.42. The number of hydrogen-bond acceptors (Lipinski definition) is 4. The molecule has 1 N–H and O–H groups in total. The van der Waals surface area contributed by atoms with E-state index in [2.05, 4.69) is 124 Å². The number of hydrogen-bond donors (Lipinski definition) is 1. The highest BCUT2D eigenvalue weighted by Crippen LogP contribution is 2.42. The Balaban J connectivity index is 1.86. The van der Waals surface area contributed by atoms with Gasteiger partial charge in [0.25, 0.3) is 8.32 Å². The molecular formula is C27H35N3OSi. The lowest BCUT2D eigenvalue weighted by molar-refractivity contribution is 0.226. The van der Waals surface area contributed by atoms with E-state index < -0.39 is 8.32 Å². The van der Waals surface area contributed by atoms with E-state index in [0.717, 1.165) is 25.1 Å². The van der Waals surface area contributed by atoms with Gasteiger partial charge in [0.15, 0.2) is 0 Å². The van der Waals surface area contributed by atoms with E-state index in [1.54, 1.807) is 0 Å². The summed E-state index contributed by atoms with van der Waals surface area (Å²) in [7, 11) is -2.73. The molecule has 0 atom stereocenters. The maximum Gasteiger partial charge on any atom is 0.298 e. The van der Waals surface area contributed by atoms with Crippen LogP contribution in [-0.4, -0.2) is 14.9 Å². The molecule has 3 aromatic rings. The molecule has 0 radical (unpaired) electrons. The van der Waals surface area contributed by atoms with Crippen molar-refractivity contribution >= 4 is 30.1 Å². The molecule has 1 heterocycles.